The van der Waals surface area contributed by atoms with E-state index < -0.39 is 6.61 Å². The van der Waals surface area contributed by atoms with Gasteiger partial charge in [-0.3, -0.25) is 0 Å². The van der Waals surface area contributed by atoms with Crippen LogP contribution in [0.15, 0.2) is 41.4 Å². The van der Waals surface area contributed by atoms with Crippen molar-refractivity contribution in [3.05, 3.63) is 53.1 Å². The quantitative estimate of drug-likeness (QED) is 0.367. The number of nitrogens with two attached hydrogens (primary N) is 1. The third-order valence-electron chi connectivity index (χ3n) is 3.40. The van der Waals surface area contributed by atoms with Crippen LogP contribution in [0.4, 0.5) is 14.5 Å². The standard InChI is InChI=1S/C18H21F2N3O2.HI/c1-11-6-12(2)8-14(7-11)23-18(21)22-10-13-4-5-15(24-3)9-16(13)25-17(19)20;/h4-9,17H,10H2,1-3H3,(H3,21,22,23);1H. The maximum absolute atomic E-state index is 12.6. The summed E-state index contributed by atoms with van der Waals surface area (Å²) in [5, 5.41) is 2.99. The van der Waals surface area contributed by atoms with E-state index in [0.29, 0.717) is 11.3 Å². The molecular weight excluding hydrogens is 455 g/mol. The predicted molar refractivity (Wildman–Crippen MR) is 110 cm³/mol. The molecule has 0 aliphatic heterocycles. The van der Waals surface area contributed by atoms with Gasteiger partial charge in [-0.05, 0) is 49.2 Å². The van der Waals surface area contributed by atoms with E-state index in [0.717, 1.165) is 16.8 Å². The zero-order chi connectivity index (χ0) is 18.4. The molecule has 3 N–H and O–H groups in total. The van der Waals surface area contributed by atoms with E-state index in [1.54, 1.807) is 12.1 Å². The highest BCUT2D eigenvalue weighted by Gasteiger charge is 2.11. The normalized spacial score (nSPS) is 11.1. The molecule has 0 saturated heterocycles. The summed E-state index contributed by atoms with van der Waals surface area (Å²) < 4.78 is 34.7. The van der Waals surface area contributed by atoms with Crippen LogP contribution in [0.5, 0.6) is 11.5 Å². The number of hydrogen-bond acceptors (Lipinski definition) is 3. The first kappa shape index (κ1) is 21.9. The molecule has 0 radical (unpaired) electrons. The van der Waals surface area contributed by atoms with Crippen molar-refractivity contribution in [2.24, 2.45) is 10.7 Å². The number of hydrogen-bond donors (Lipinski definition) is 2. The molecule has 0 spiro atoms. The molecule has 0 aliphatic rings. The number of benzene rings is 2. The van der Waals surface area contributed by atoms with Crippen molar-refractivity contribution >= 4 is 35.6 Å². The fourth-order valence-corrected chi connectivity index (χ4v) is 2.40. The SMILES string of the molecule is COc1ccc(CN=C(N)Nc2cc(C)cc(C)c2)c(OC(F)F)c1.I. The third-order valence-corrected chi connectivity index (χ3v) is 3.40. The number of nitrogens with one attached hydrogen (secondary N) is 1. The number of methoxy groups -OCH3 is 1. The molecule has 8 heteroatoms. The highest BCUT2D eigenvalue weighted by molar-refractivity contribution is 14.0. The van der Waals surface area contributed by atoms with Gasteiger partial charge in [0.2, 0.25) is 0 Å². The Hall–Kier alpha value is -2.10. The summed E-state index contributed by atoms with van der Waals surface area (Å²) in [6.07, 6.45) is 0. The number of aliphatic imine (C=N–C) groups is 1. The van der Waals surface area contributed by atoms with Crippen LogP contribution in [-0.2, 0) is 6.54 Å². The topological polar surface area (TPSA) is 68.9 Å². The van der Waals surface area contributed by atoms with Gasteiger partial charge in [0.1, 0.15) is 11.5 Å². The van der Waals surface area contributed by atoms with Crippen LogP contribution in [0.1, 0.15) is 16.7 Å². The number of rotatable bonds is 6. The van der Waals surface area contributed by atoms with Gasteiger partial charge in [0.25, 0.3) is 0 Å². The molecular formula is C18H22F2IN3O2. The maximum Gasteiger partial charge on any atom is 0.387 e. The minimum atomic E-state index is -2.93. The Bertz CT molecular complexity index is 750. The lowest BCUT2D eigenvalue weighted by atomic mass is 10.1. The average Bonchev–Trinajstić information content (AvgIpc) is 2.52. The zero-order valence-corrected chi connectivity index (χ0v) is 17.1. The molecule has 0 amide bonds. The van der Waals surface area contributed by atoms with Crippen molar-refractivity contribution in [1.29, 1.82) is 0 Å². The summed E-state index contributed by atoms with van der Waals surface area (Å²) in [4.78, 5) is 4.19. The van der Waals surface area contributed by atoms with E-state index in [4.69, 9.17) is 10.5 Å². The molecule has 2 rings (SSSR count). The van der Waals surface area contributed by atoms with E-state index in [1.807, 2.05) is 32.0 Å². The second kappa shape index (κ2) is 10.1. The van der Waals surface area contributed by atoms with Crippen LogP contribution >= 0.6 is 24.0 Å². The fraction of sp³-hybridized carbons (Fsp3) is 0.278. The Balaban J connectivity index is 0.00000338. The largest absolute Gasteiger partial charge is 0.497 e. The van der Waals surface area contributed by atoms with E-state index in [1.165, 1.54) is 13.2 Å². The molecule has 0 aromatic heterocycles. The van der Waals surface area contributed by atoms with Crippen LogP contribution in [0.2, 0.25) is 0 Å². The van der Waals surface area contributed by atoms with Crippen molar-refractivity contribution in [2.45, 2.75) is 27.0 Å². The summed E-state index contributed by atoms with van der Waals surface area (Å²) in [5.74, 6) is 0.617. The molecule has 142 valence electrons. The van der Waals surface area contributed by atoms with Crippen molar-refractivity contribution in [3.8, 4) is 11.5 Å². The number of alkyl halides is 2. The Morgan fingerprint density at radius 1 is 1.15 bits per heavy atom. The Kier molecular flexibility index (Phi) is 8.56. The molecule has 0 fully saturated rings. The highest BCUT2D eigenvalue weighted by Crippen LogP contribution is 2.27. The first-order valence-electron chi connectivity index (χ1n) is 7.64. The molecule has 0 saturated carbocycles. The lowest BCUT2D eigenvalue weighted by Gasteiger charge is -2.12. The van der Waals surface area contributed by atoms with Gasteiger partial charge in [-0.25, -0.2) is 4.99 Å². The van der Waals surface area contributed by atoms with E-state index >= 15 is 0 Å². The molecule has 0 heterocycles. The van der Waals surface area contributed by atoms with Crippen LogP contribution in [0, 0.1) is 13.8 Å². The van der Waals surface area contributed by atoms with Crippen molar-refractivity contribution < 1.29 is 18.3 Å². The van der Waals surface area contributed by atoms with Gasteiger partial charge in [-0.2, -0.15) is 8.78 Å². The number of aryl methyl sites for hydroxylation is 2. The molecule has 0 atom stereocenters. The molecule has 26 heavy (non-hydrogen) atoms. The second-order valence-electron chi connectivity index (χ2n) is 5.56. The lowest BCUT2D eigenvalue weighted by molar-refractivity contribution is -0.0505. The molecule has 0 aliphatic carbocycles. The van der Waals surface area contributed by atoms with Crippen LogP contribution in [-0.4, -0.2) is 19.7 Å². The predicted octanol–water partition coefficient (Wildman–Crippen LogP) is 4.46. The third kappa shape index (κ3) is 6.66. The van der Waals surface area contributed by atoms with Crippen LogP contribution in [0.25, 0.3) is 0 Å². The van der Waals surface area contributed by atoms with Gasteiger partial charge in [-0.1, -0.05) is 6.07 Å². The van der Waals surface area contributed by atoms with E-state index in [-0.39, 0.29) is 42.2 Å². The minimum Gasteiger partial charge on any atom is -0.497 e. The molecule has 0 unspecified atom stereocenters. The van der Waals surface area contributed by atoms with Gasteiger partial charge in [-0.15, -0.1) is 24.0 Å². The number of anilines is 1. The van der Waals surface area contributed by atoms with Crippen LogP contribution < -0.4 is 20.5 Å². The summed E-state index contributed by atoms with van der Waals surface area (Å²) in [5.41, 5.74) is 9.37. The smallest absolute Gasteiger partial charge is 0.387 e. The molecule has 2 aromatic rings. The summed E-state index contributed by atoms with van der Waals surface area (Å²) in [6.45, 7) is 1.13. The summed E-state index contributed by atoms with van der Waals surface area (Å²) >= 11 is 0. The fourth-order valence-electron chi connectivity index (χ4n) is 2.40. The van der Waals surface area contributed by atoms with Gasteiger partial charge >= 0.3 is 6.61 Å². The summed E-state index contributed by atoms with van der Waals surface area (Å²) in [6, 6.07) is 10.6. The molecule has 2 aromatic carbocycles. The number of guanidine groups is 1. The van der Waals surface area contributed by atoms with E-state index in [9.17, 15) is 8.78 Å². The van der Waals surface area contributed by atoms with Gasteiger partial charge in [0.05, 0.1) is 13.7 Å². The molecule has 5 nitrogen and oxygen atoms in total. The van der Waals surface area contributed by atoms with Gasteiger partial charge in [0.15, 0.2) is 5.96 Å². The Labute approximate surface area is 168 Å². The highest BCUT2D eigenvalue weighted by atomic mass is 127. The maximum atomic E-state index is 12.6. The van der Waals surface area contributed by atoms with Crippen molar-refractivity contribution in [2.75, 3.05) is 12.4 Å². The monoisotopic (exact) mass is 477 g/mol. The van der Waals surface area contributed by atoms with Crippen molar-refractivity contribution in [1.82, 2.24) is 0 Å². The Morgan fingerprint density at radius 3 is 2.38 bits per heavy atom. The first-order valence-corrected chi connectivity index (χ1v) is 7.64. The number of halogens is 3. The Morgan fingerprint density at radius 2 is 1.81 bits per heavy atom. The lowest BCUT2D eigenvalue weighted by Crippen LogP contribution is -2.22. The van der Waals surface area contributed by atoms with E-state index in [2.05, 4.69) is 15.0 Å². The summed E-state index contributed by atoms with van der Waals surface area (Å²) in [7, 11) is 1.45. The minimum absolute atomic E-state index is 0. The zero-order valence-electron chi connectivity index (χ0n) is 14.8. The number of nitrogens with zero attached hydrogens (tertiary/aromatic N) is 1. The van der Waals surface area contributed by atoms with Crippen LogP contribution in [0.3, 0.4) is 0 Å². The second-order valence-corrected chi connectivity index (χ2v) is 5.56. The van der Waals surface area contributed by atoms with Gasteiger partial charge < -0.3 is 20.5 Å². The average molecular weight is 477 g/mol. The number of ether oxygens (including phenoxy) is 2. The van der Waals surface area contributed by atoms with Gasteiger partial charge in [0, 0.05) is 17.3 Å². The van der Waals surface area contributed by atoms with Crippen molar-refractivity contribution in [3.63, 3.8) is 0 Å². The molecule has 0 bridgehead atoms. The first-order chi connectivity index (χ1) is 11.9.